The van der Waals surface area contributed by atoms with E-state index in [1.807, 2.05) is 22.9 Å². The van der Waals surface area contributed by atoms with Crippen LogP contribution in [0.5, 0.6) is 0 Å². The van der Waals surface area contributed by atoms with E-state index in [0.29, 0.717) is 19.0 Å². The summed E-state index contributed by atoms with van der Waals surface area (Å²) in [6.45, 7) is 4.05. The number of rotatable bonds is 5. The maximum absolute atomic E-state index is 12.4. The maximum Gasteiger partial charge on any atom is 0.318 e. The first-order chi connectivity index (χ1) is 11.7. The summed E-state index contributed by atoms with van der Waals surface area (Å²) in [5.74, 6) is 0.347. The Balaban J connectivity index is 1.57. The molecule has 128 valence electrons. The number of nitrogens with one attached hydrogen (secondary N) is 1. The van der Waals surface area contributed by atoms with Crippen molar-refractivity contribution in [2.75, 3.05) is 13.2 Å². The minimum atomic E-state index is -0.0987. The molecule has 0 unspecified atom stereocenters. The Morgan fingerprint density at radius 3 is 3.00 bits per heavy atom. The van der Waals surface area contributed by atoms with Crippen LogP contribution in [0.2, 0.25) is 0 Å². The fourth-order valence-electron chi connectivity index (χ4n) is 3.25. The second-order valence-corrected chi connectivity index (χ2v) is 6.42. The van der Waals surface area contributed by atoms with Gasteiger partial charge in [0.1, 0.15) is 0 Å². The molecule has 1 aliphatic heterocycles. The van der Waals surface area contributed by atoms with Gasteiger partial charge in [-0.3, -0.25) is 0 Å². The minimum Gasteiger partial charge on any atom is -0.394 e. The third-order valence-electron chi connectivity index (χ3n) is 4.69. The van der Waals surface area contributed by atoms with Crippen molar-refractivity contribution in [2.45, 2.75) is 32.5 Å². The van der Waals surface area contributed by atoms with E-state index in [2.05, 4.69) is 29.4 Å². The SMILES string of the molecule is C[C@H]1CCN(C(=O)NCc2cccc(Cn3ccnc3)c2)[C@H]1CO. The summed E-state index contributed by atoms with van der Waals surface area (Å²) in [5.41, 5.74) is 2.23. The molecule has 0 aliphatic carbocycles. The zero-order valence-corrected chi connectivity index (χ0v) is 13.9. The molecule has 2 N–H and O–H groups in total. The molecule has 2 aromatic rings. The lowest BCUT2D eigenvalue weighted by Gasteiger charge is -2.25. The Kier molecular flexibility index (Phi) is 5.15. The molecule has 1 aliphatic rings. The molecule has 1 fully saturated rings. The fraction of sp³-hybridized carbons (Fsp3) is 0.444. The molecule has 1 aromatic carbocycles. The van der Waals surface area contributed by atoms with Crippen LogP contribution in [0, 0.1) is 5.92 Å². The highest BCUT2D eigenvalue weighted by molar-refractivity contribution is 5.75. The molecule has 0 radical (unpaired) electrons. The first-order valence-electron chi connectivity index (χ1n) is 8.36. The molecular weight excluding hydrogens is 304 g/mol. The van der Waals surface area contributed by atoms with Crippen LogP contribution >= 0.6 is 0 Å². The van der Waals surface area contributed by atoms with Crippen LogP contribution in [0.25, 0.3) is 0 Å². The van der Waals surface area contributed by atoms with Crippen LogP contribution in [-0.4, -0.2) is 44.8 Å². The van der Waals surface area contributed by atoms with Gasteiger partial charge in [0.25, 0.3) is 0 Å². The highest BCUT2D eigenvalue weighted by atomic mass is 16.3. The molecule has 2 atom stereocenters. The molecule has 3 rings (SSSR count). The van der Waals surface area contributed by atoms with Gasteiger partial charge < -0.3 is 19.9 Å². The standard InChI is InChI=1S/C18H24N4O2/c1-14-5-7-22(17(14)12-23)18(24)20-10-15-3-2-4-16(9-15)11-21-8-6-19-13-21/h2-4,6,8-9,13-14,17,23H,5,7,10-12H2,1H3,(H,20,24)/t14-,17-/m0/s1. The Morgan fingerprint density at radius 2 is 2.25 bits per heavy atom. The van der Waals surface area contributed by atoms with E-state index in [0.717, 1.165) is 18.5 Å². The Labute approximate surface area is 142 Å². The van der Waals surface area contributed by atoms with Crippen LogP contribution in [0.1, 0.15) is 24.5 Å². The van der Waals surface area contributed by atoms with Gasteiger partial charge >= 0.3 is 6.03 Å². The van der Waals surface area contributed by atoms with Gasteiger partial charge in [-0.15, -0.1) is 0 Å². The number of likely N-dealkylation sites (tertiary alicyclic amines) is 1. The van der Waals surface area contributed by atoms with Crippen molar-refractivity contribution in [3.63, 3.8) is 0 Å². The summed E-state index contributed by atoms with van der Waals surface area (Å²) in [6, 6.07) is 8.00. The van der Waals surface area contributed by atoms with Gasteiger partial charge in [0.2, 0.25) is 0 Å². The number of aliphatic hydroxyl groups excluding tert-OH is 1. The Morgan fingerprint density at radius 1 is 1.42 bits per heavy atom. The number of hydrogen-bond donors (Lipinski definition) is 2. The second kappa shape index (κ2) is 7.49. The van der Waals surface area contributed by atoms with Crippen LogP contribution in [0.4, 0.5) is 4.79 Å². The first kappa shape index (κ1) is 16.5. The molecule has 0 saturated carbocycles. The topological polar surface area (TPSA) is 70.4 Å². The highest BCUT2D eigenvalue weighted by Gasteiger charge is 2.33. The van der Waals surface area contributed by atoms with Crippen molar-refractivity contribution in [1.82, 2.24) is 19.8 Å². The van der Waals surface area contributed by atoms with Gasteiger partial charge in [0.05, 0.1) is 19.0 Å². The number of hydrogen-bond acceptors (Lipinski definition) is 3. The van der Waals surface area contributed by atoms with Crippen molar-refractivity contribution < 1.29 is 9.90 Å². The van der Waals surface area contributed by atoms with Gasteiger partial charge in [0, 0.05) is 32.0 Å². The zero-order chi connectivity index (χ0) is 16.9. The van der Waals surface area contributed by atoms with E-state index < -0.39 is 0 Å². The van der Waals surface area contributed by atoms with Gasteiger partial charge in [0.15, 0.2) is 0 Å². The van der Waals surface area contributed by atoms with E-state index >= 15 is 0 Å². The molecule has 1 aromatic heterocycles. The molecule has 0 spiro atoms. The van der Waals surface area contributed by atoms with Gasteiger partial charge in [-0.25, -0.2) is 9.78 Å². The summed E-state index contributed by atoms with van der Waals surface area (Å²) < 4.78 is 2.01. The average Bonchev–Trinajstić information content (AvgIpc) is 3.22. The summed E-state index contributed by atoms with van der Waals surface area (Å²) in [4.78, 5) is 18.2. The number of imidazole rings is 1. The second-order valence-electron chi connectivity index (χ2n) is 6.42. The van der Waals surface area contributed by atoms with Gasteiger partial charge in [-0.05, 0) is 23.5 Å². The predicted octanol–water partition coefficient (Wildman–Crippen LogP) is 1.84. The van der Waals surface area contributed by atoms with Crippen LogP contribution < -0.4 is 5.32 Å². The van der Waals surface area contributed by atoms with Gasteiger partial charge in [-0.2, -0.15) is 0 Å². The van der Waals surface area contributed by atoms with E-state index in [-0.39, 0.29) is 18.7 Å². The van der Waals surface area contributed by atoms with Gasteiger partial charge in [-0.1, -0.05) is 31.2 Å². The molecule has 6 nitrogen and oxygen atoms in total. The fourth-order valence-corrected chi connectivity index (χ4v) is 3.25. The molecule has 24 heavy (non-hydrogen) atoms. The Hall–Kier alpha value is -2.34. The minimum absolute atomic E-state index is 0.0228. The predicted molar refractivity (Wildman–Crippen MR) is 91.4 cm³/mol. The number of aromatic nitrogens is 2. The lowest BCUT2D eigenvalue weighted by molar-refractivity contribution is 0.143. The van der Waals surface area contributed by atoms with Crippen LogP contribution in [0.15, 0.2) is 43.0 Å². The average molecular weight is 328 g/mol. The number of aliphatic hydroxyl groups is 1. The monoisotopic (exact) mass is 328 g/mol. The van der Waals surface area contributed by atoms with E-state index in [1.54, 1.807) is 17.4 Å². The highest BCUT2D eigenvalue weighted by Crippen LogP contribution is 2.23. The molecule has 0 bridgehead atoms. The van der Waals surface area contributed by atoms with Crippen molar-refractivity contribution in [3.8, 4) is 0 Å². The summed E-state index contributed by atoms with van der Waals surface area (Å²) in [5, 5.41) is 12.4. The lowest BCUT2D eigenvalue weighted by Crippen LogP contribution is -2.45. The Bertz CT molecular complexity index is 671. The number of carbonyl (C=O) groups excluding carboxylic acids is 1. The van der Waals surface area contributed by atoms with Crippen molar-refractivity contribution in [3.05, 3.63) is 54.1 Å². The van der Waals surface area contributed by atoms with Crippen LogP contribution in [0.3, 0.4) is 0 Å². The normalized spacial score (nSPS) is 20.3. The first-order valence-corrected chi connectivity index (χ1v) is 8.36. The number of nitrogens with zero attached hydrogens (tertiary/aromatic N) is 3. The number of amides is 2. The summed E-state index contributed by atoms with van der Waals surface area (Å²) >= 11 is 0. The molecule has 6 heteroatoms. The smallest absolute Gasteiger partial charge is 0.318 e. The zero-order valence-electron chi connectivity index (χ0n) is 13.9. The van der Waals surface area contributed by atoms with Crippen molar-refractivity contribution in [2.24, 2.45) is 5.92 Å². The number of urea groups is 1. The van der Waals surface area contributed by atoms with E-state index in [4.69, 9.17) is 0 Å². The largest absolute Gasteiger partial charge is 0.394 e. The third kappa shape index (κ3) is 3.76. The molecule has 1 saturated heterocycles. The van der Waals surface area contributed by atoms with Crippen molar-refractivity contribution in [1.29, 1.82) is 0 Å². The quantitative estimate of drug-likeness (QED) is 0.880. The van der Waals surface area contributed by atoms with Crippen LogP contribution in [-0.2, 0) is 13.1 Å². The number of carbonyl (C=O) groups is 1. The van der Waals surface area contributed by atoms with E-state index in [9.17, 15) is 9.90 Å². The van der Waals surface area contributed by atoms with E-state index in [1.165, 1.54) is 5.56 Å². The summed E-state index contributed by atoms with van der Waals surface area (Å²) in [7, 11) is 0. The third-order valence-corrected chi connectivity index (χ3v) is 4.69. The van der Waals surface area contributed by atoms with Crippen molar-refractivity contribution >= 4 is 6.03 Å². The summed E-state index contributed by atoms with van der Waals surface area (Å²) in [6.07, 6.45) is 6.42. The molecule has 2 heterocycles. The molecule has 2 amide bonds. The number of benzene rings is 1. The lowest BCUT2D eigenvalue weighted by atomic mass is 10.0. The molecular formula is C18H24N4O2. The maximum atomic E-state index is 12.4.